The summed E-state index contributed by atoms with van der Waals surface area (Å²) in [4.78, 5) is 0.316. The van der Waals surface area contributed by atoms with Crippen molar-refractivity contribution >= 4 is 26.5 Å². The van der Waals surface area contributed by atoms with E-state index in [1.165, 1.54) is 0 Å². The maximum atomic E-state index is 14.3. The molecule has 0 aliphatic carbocycles. The van der Waals surface area contributed by atoms with Gasteiger partial charge >= 0.3 is 0 Å². The highest BCUT2D eigenvalue weighted by atomic mass is 32.2. The number of aryl methyl sites for hydroxylation is 1. The minimum Gasteiger partial charge on any atom is -0.414 e. The zero-order valence-electron chi connectivity index (χ0n) is 41.3. The molecule has 1 aromatic carbocycles. The van der Waals surface area contributed by atoms with Crippen LogP contribution in [0.25, 0.3) is 0 Å². The third kappa shape index (κ3) is 13.9. The summed E-state index contributed by atoms with van der Waals surface area (Å²) in [6.07, 6.45) is 4.69. The predicted octanol–water partition coefficient (Wildman–Crippen LogP) is 10.9. The summed E-state index contributed by atoms with van der Waals surface area (Å²) < 4.78 is 80.3. The van der Waals surface area contributed by atoms with Gasteiger partial charge < -0.3 is 37.3 Å². The van der Waals surface area contributed by atoms with Gasteiger partial charge in [-0.2, -0.15) is 0 Å². The lowest BCUT2D eigenvalue weighted by atomic mass is 9.83. The second-order valence-corrected chi connectivity index (χ2v) is 33.1. The zero-order chi connectivity index (χ0) is 46.4. The molecule has 3 heterocycles. The van der Waals surface area contributed by atoms with Gasteiger partial charge in [0.25, 0.3) is 0 Å². The Kier molecular flexibility index (Phi) is 19.0. The van der Waals surface area contributed by atoms with Crippen molar-refractivity contribution in [1.82, 2.24) is 0 Å². The summed E-state index contributed by atoms with van der Waals surface area (Å²) in [7, 11) is -3.08. The highest BCUT2D eigenvalue weighted by Crippen LogP contribution is 2.44. The van der Waals surface area contributed by atoms with Gasteiger partial charge in [-0.05, 0) is 110 Å². The summed E-state index contributed by atoms with van der Waals surface area (Å²) in [5.74, 6) is -0.336. The van der Waals surface area contributed by atoms with Crippen molar-refractivity contribution in [3.05, 3.63) is 54.1 Å². The number of ether oxygens (including phenoxy) is 6. The first kappa shape index (κ1) is 53.4. The highest BCUT2D eigenvalue weighted by Gasteiger charge is 2.50. The topological polar surface area (TPSA) is 108 Å². The van der Waals surface area contributed by atoms with E-state index in [0.29, 0.717) is 24.3 Å². The number of sulfone groups is 1. The van der Waals surface area contributed by atoms with Crippen LogP contribution in [0.15, 0.2) is 53.5 Å². The van der Waals surface area contributed by atoms with Crippen LogP contribution in [0.1, 0.15) is 112 Å². The third-order valence-electron chi connectivity index (χ3n) is 15.0. The third-order valence-corrected chi connectivity index (χ3v) is 25.8. The molecular weight excluding hydrogens is 837 g/mol. The number of rotatable bonds is 22. The van der Waals surface area contributed by atoms with Crippen molar-refractivity contribution in [3.63, 3.8) is 0 Å². The SMILES string of the molecule is C=C1C[C@H](CCC(OC)OC)O[C@H]1CC[C@H]1C[C@@H](C)C(=C)[C@@H](C[C@@H]2O[C@H](C[C@@H](CO[Si](C)(C)C(C)(C)C)O[Si](C)(C)C(C)(C)C)[C@H](OC)[C@H]2CS(=O)(=O)c2ccc(CC)cc2)O1. The maximum Gasteiger partial charge on any atom is 0.192 e. The quantitative estimate of drug-likeness (QED) is 0.0634. The van der Waals surface area contributed by atoms with Crippen LogP contribution in [0, 0.1) is 11.8 Å². The van der Waals surface area contributed by atoms with E-state index in [4.69, 9.17) is 37.3 Å². The Bertz CT molecular complexity index is 1700. The molecule has 0 radical (unpaired) electrons. The molecule has 0 saturated carbocycles. The van der Waals surface area contributed by atoms with Crippen LogP contribution in [0.2, 0.25) is 36.3 Å². The van der Waals surface area contributed by atoms with Gasteiger partial charge in [0.1, 0.15) is 0 Å². The van der Waals surface area contributed by atoms with Gasteiger partial charge in [-0.15, -0.1) is 0 Å². The van der Waals surface area contributed by atoms with Gasteiger partial charge in [-0.3, -0.25) is 0 Å². The Morgan fingerprint density at radius 3 is 2.00 bits per heavy atom. The second-order valence-electron chi connectivity index (χ2n) is 21.5. The van der Waals surface area contributed by atoms with Gasteiger partial charge in [0.2, 0.25) is 0 Å². The molecule has 10 nitrogen and oxygen atoms in total. The summed E-state index contributed by atoms with van der Waals surface area (Å²) in [5.41, 5.74) is 3.24. The average molecular weight is 923 g/mol. The lowest BCUT2D eigenvalue weighted by Crippen LogP contribution is -2.49. The average Bonchev–Trinajstić information content (AvgIpc) is 3.70. The van der Waals surface area contributed by atoms with Crippen LogP contribution in [-0.4, -0.2) is 114 Å². The molecule has 4 rings (SSSR count). The first-order valence-electron chi connectivity index (χ1n) is 23.3. The van der Waals surface area contributed by atoms with E-state index in [1.54, 1.807) is 33.5 Å². The number of hydrogen-bond donors (Lipinski definition) is 0. The van der Waals surface area contributed by atoms with Crippen LogP contribution >= 0.6 is 0 Å². The van der Waals surface area contributed by atoms with Crippen molar-refractivity contribution in [2.45, 2.75) is 209 Å². The Hall–Kier alpha value is -1.24. The molecule has 0 N–H and O–H groups in total. The van der Waals surface area contributed by atoms with Crippen molar-refractivity contribution < 1.29 is 45.7 Å². The van der Waals surface area contributed by atoms with Crippen LogP contribution < -0.4 is 0 Å². The lowest BCUT2D eigenvalue weighted by Gasteiger charge is -2.42. The van der Waals surface area contributed by atoms with Gasteiger partial charge in [-0.25, -0.2) is 8.42 Å². The van der Waals surface area contributed by atoms with E-state index >= 15 is 0 Å². The molecule has 0 unspecified atom stereocenters. The van der Waals surface area contributed by atoms with Gasteiger partial charge in [-0.1, -0.05) is 80.7 Å². The first-order valence-corrected chi connectivity index (χ1v) is 30.8. The standard InChI is InChI=1S/C49H86O10SSi2/c1-18-36-19-23-40(24-20-36)60(50,51)32-41-44(58-45(47(41)54-13)29-39(59-62(16,17)49(8,9)10)31-55-61(14,15)48(5,6)7)30-43-35(4)33(2)27-37(57-43)21-25-42-34(3)28-38(56-42)22-26-46(52-11)53-12/h19-20,23-24,33,37-39,41-47H,3-4,18,21-22,25-32H2,1-2,5-17H3/t33-,37+,38+,39+,41+,42+,43-,44+,45-,47-/m1/s1. The van der Waals surface area contributed by atoms with Crippen molar-refractivity contribution in [2.75, 3.05) is 33.7 Å². The molecule has 3 aliphatic heterocycles. The smallest absolute Gasteiger partial charge is 0.192 e. The van der Waals surface area contributed by atoms with Crippen LogP contribution in [0.4, 0.5) is 0 Å². The monoisotopic (exact) mass is 923 g/mol. The normalized spacial score (nSPS) is 28.6. The van der Waals surface area contributed by atoms with E-state index in [0.717, 1.165) is 61.7 Å². The minimum atomic E-state index is -3.71. The van der Waals surface area contributed by atoms with E-state index in [-0.39, 0.29) is 58.6 Å². The molecule has 356 valence electrons. The fraction of sp³-hybridized carbons (Fsp3) is 0.796. The van der Waals surface area contributed by atoms with Crippen molar-refractivity contribution in [2.24, 2.45) is 11.8 Å². The maximum absolute atomic E-state index is 14.3. The van der Waals surface area contributed by atoms with Gasteiger partial charge in [0.05, 0.1) is 66.1 Å². The molecule has 13 heteroatoms. The Balaban J connectivity index is 1.59. The second kappa shape index (κ2) is 22.0. The molecule has 10 atom stereocenters. The van der Waals surface area contributed by atoms with Crippen molar-refractivity contribution in [3.8, 4) is 0 Å². The molecule has 1 aromatic rings. The van der Waals surface area contributed by atoms with E-state index in [9.17, 15) is 8.42 Å². The molecular formula is C49H86O10SSi2. The number of benzene rings is 1. The van der Waals surface area contributed by atoms with Crippen LogP contribution in [-0.2, 0) is 53.5 Å². The van der Waals surface area contributed by atoms with Crippen molar-refractivity contribution in [1.29, 1.82) is 0 Å². The molecule has 3 saturated heterocycles. The molecule has 0 spiro atoms. The summed E-state index contributed by atoms with van der Waals surface area (Å²) in [5, 5.41) is 0.0119. The molecule has 62 heavy (non-hydrogen) atoms. The Labute approximate surface area is 379 Å². The predicted molar refractivity (Wildman–Crippen MR) is 256 cm³/mol. The molecule has 0 amide bonds. The summed E-state index contributed by atoms with van der Waals surface area (Å²) in [6.45, 7) is 36.2. The summed E-state index contributed by atoms with van der Waals surface area (Å²) in [6, 6.07) is 7.28. The number of hydrogen-bond acceptors (Lipinski definition) is 10. The molecule has 0 bridgehead atoms. The van der Waals surface area contributed by atoms with Crippen LogP contribution in [0.3, 0.4) is 0 Å². The minimum absolute atomic E-state index is 0.00754. The van der Waals surface area contributed by atoms with E-state index in [2.05, 4.69) is 94.7 Å². The largest absolute Gasteiger partial charge is 0.414 e. The van der Waals surface area contributed by atoms with Gasteiger partial charge in [0.15, 0.2) is 32.8 Å². The fourth-order valence-electron chi connectivity index (χ4n) is 8.72. The first-order chi connectivity index (χ1) is 28.7. The lowest BCUT2D eigenvalue weighted by molar-refractivity contribution is -0.112. The Morgan fingerprint density at radius 2 is 1.44 bits per heavy atom. The number of methoxy groups -OCH3 is 3. The van der Waals surface area contributed by atoms with E-state index in [1.807, 2.05) is 12.1 Å². The summed E-state index contributed by atoms with van der Waals surface area (Å²) >= 11 is 0. The zero-order valence-corrected chi connectivity index (χ0v) is 44.2. The van der Waals surface area contributed by atoms with E-state index < -0.39 is 50.7 Å². The molecule has 3 fully saturated rings. The van der Waals surface area contributed by atoms with Crippen LogP contribution in [0.5, 0.6) is 0 Å². The highest BCUT2D eigenvalue weighted by molar-refractivity contribution is 7.91. The Morgan fingerprint density at radius 1 is 0.823 bits per heavy atom. The molecule has 3 aliphatic rings. The molecule has 0 aromatic heterocycles. The van der Waals surface area contributed by atoms with Gasteiger partial charge in [0, 0.05) is 46.5 Å². The fourth-order valence-corrected chi connectivity index (χ4v) is 12.8.